The predicted octanol–water partition coefficient (Wildman–Crippen LogP) is 5.65. The highest BCUT2D eigenvalue weighted by molar-refractivity contribution is 7.84. The van der Waals surface area contributed by atoms with Crippen molar-refractivity contribution in [2.45, 2.75) is 104 Å². The van der Waals surface area contributed by atoms with E-state index in [1.165, 1.54) is 10.4 Å². The number of hydrogen-bond donors (Lipinski definition) is 1. The third-order valence-corrected chi connectivity index (χ3v) is 14.3. The quantitative estimate of drug-likeness (QED) is 0.309. The maximum Gasteiger partial charge on any atom is 0.261 e. The number of benzene rings is 2. The van der Waals surface area contributed by atoms with E-state index >= 15 is 0 Å². The van der Waals surface area contributed by atoms with Crippen LogP contribution in [0.25, 0.3) is 0 Å². The minimum atomic E-state index is -2.75. The summed E-state index contributed by atoms with van der Waals surface area (Å²) in [5.41, 5.74) is 0. The summed E-state index contributed by atoms with van der Waals surface area (Å²) in [5.74, 6) is 1.35. The van der Waals surface area contributed by atoms with Gasteiger partial charge >= 0.3 is 0 Å². The van der Waals surface area contributed by atoms with Gasteiger partial charge in [-0.15, -0.1) is 0 Å². The predicted molar refractivity (Wildman–Crippen MR) is 184 cm³/mol. The van der Waals surface area contributed by atoms with E-state index in [1.54, 1.807) is 0 Å². The molecule has 7 nitrogen and oxygen atoms in total. The smallest absolute Gasteiger partial charge is 0.261 e. The van der Waals surface area contributed by atoms with Crippen LogP contribution in [0.3, 0.4) is 0 Å². The zero-order chi connectivity index (χ0) is 31.8. The van der Waals surface area contributed by atoms with Gasteiger partial charge in [-0.25, -0.2) is 18.9 Å². The van der Waals surface area contributed by atoms with Crippen molar-refractivity contribution in [1.82, 2.24) is 4.72 Å². The Balaban J connectivity index is 2.05. The van der Waals surface area contributed by atoms with E-state index in [-0.39, 0.29) is 23.0 Å². The molecule has 1 unspecified atom stereocenters. The van der Waals surface area contributed by atoms with E-state index in [0.29, 0.717) is 38.0 Å². The van der Waals surface area contributed by atoms with Crippen molar-refractivity contribution in [3.8, 4) is 0 Å². The molecule has 0 bridgehead atoms. The molecule has 0 saturated heterocycles. The molecule has 0 saturated carbocycles. The molecule has 2 aromatic rings. The van der Waals surface area contributed by atoms with Crippen LogP contribution in [-0.2, 0) is 24.9 Å². The molecule has 1 heterocycles. The maximum atomic E-state index is 13.5. The van der Waals surface area contributed by atoms with Gasteiger partial charge in [0.25, 0.3) is 8.32 Å². The molecule has 1 aliphatic rings. The molecule has 0 aromatic heterocycles. The third kappa shape index (κ3) is 8.44. The standard InChI is InChI=1S/C34H53N3O4SSi/c1-11-39-31-29(25(3)4)35-32(40-12-2)30(36-31)28(37-42(38)33(5,6)7)23-24-41-43(34(8,9)10,26-19-15-13-16-20-26)27-21-17-14-18-22-27/h13-22,25,28-30,37H,11-12,23-24H2,1-10H3/t28?,29-,30+,42+/m1/s1. The van der Waals surface area contributed by atoms with Gasteiger partial charge in [0.15, 0.2) is 0 Å². The minimum Gasteiger partial charge on any atom is -0.480 e. The van der Waals surface area contributed by atoms with E-state index < -0.39 is 30.1 Å². The highest BCUT2D eigenvalue weighted by Crippen LogP contribution is 2.37. The molecular formula is C34H53N3O4SSi. The average molecular weight is 628 g/mol. The first-order valence-corrected chi connectivity index (χ1v) is 18.7. The highest BCUT2D eigenvalue weighted by Gasteiger charge is 2.50. The minimum absolute atomic E-state index is 0.152. The lowest BCUT2D eigenvalue weighted by Crippen LogP contribution is -2.66. The Bertz CT molecular complexity index is 1200. The van der Waals surface area contributed by atoms with Crippen LogP contribution in [0.4, 0.5) is 0 Å². The number of hydrogen-bond acceptors (Lipinski definition) is 6. The number of rotatable bonds is 12. The number of nitrogens with one attached hydrogen (secondary N) is 1. The van der Waals surface area contributed by atoms with E-state index in [1.807, 2.05) is 46.8 Å². The van der Waals surface area contributed by atoms with Crippen molar-refractivity contribution in [3.05, 3.63) is 60.7 Å². The number of ether oxygens (including phenoxy) is 2. The lowest BCUT2D eigenvalue weighted by Gasteiger charge is -2.43. The second-order valence-electron chi connectivity index (χ2n) is 13.3. The summed E-state index contributed by atoms with van der Waals surface area (Å²) in [7, 11) is -4.10. The van der Waals surface area contributed by atoms with Gasteiger partial charge < -0.3 is 13.9 Å². The fraction of sp³-hybridized carbons (Fsp3) is 0.588. The summed E-state index contributed by atoms with van der Waals surface area (Å²) in [5, 5.41) is 2.30. The van der Waals surface area contributed by atoms with Gasteiger partial charge in [-0.1, -0.05) is 95.3 Å². The van der Waals surface area contributed by atoms with Gasteiger partial charge in [0.05, 0.1) is 35.0 Å². The fourth-order valence-electron chi connectivity index (χ4n) is 5.47. The molecular weight excluding hydrogens is 575 g/mol. The number of nitrogens with zero attached hydrogens (tertiary/aromatic N) is 2. The van der Waals surface area contributed by atoms with Crippen LogP contribution in [0, 0.1) is 5.92 Å². The van der Waals surface area contributed by atoms with E-state index in [0.717, 1.165) is 0 Å². The van der Waals surface area contributed by atoms with Crippen LogP contribution < -0.4 is 15.1 Å². The average Bonchev–Trinajstić information content (AvgIpc) is 2.95. The first-order valence-electron chi connectivity index (χ1n) is 15.6. The molecule has 0 fully saturated rings. The summed E-state index contributed by atoms with van der Waals surface area (Å²) >= 11 is 0. The van der Waals surface area contributed by atoms with E-state index in [9.17, 15) is 4.21 Å². The van der Waals surface area contributed by atoms with Gasteiger partial charge in [0.1, 0.15) is 12.1 Å². The largest absolute Gasteiger partial charge is 0.480 e. The Morgan fingerprint density at radius 3 is 1.70 bits per heavy atom. The zero-order valence-electron chi connectivity index (χ0n) is 27.8. The van der Waals surface area contributed by atoms with Crippen LogP contribution >= 0.6 is 0 Å². The molecule has 0 aliphatic carbocycles. The van der Waals surface area contributed by atoms with Crippen LogP contribution in [0.2, 0.25) is 5.04 Å². The van der Waals surface area contributed by atoms with Crippen molar-refractivity contribution < 1.29 is 18.1 Å². The lowest BCUT2D eigenvalue weighted by molar-refractivity contribution is 0.250. The monoisotopic (exact) mass is 627 g/mol. The van der Waals surface area contributed by atoms with Gasteiger partial charge in [-0.2, -0.15) is 0 Å². The molecule has 4 atom stereocenters. The van der Waals surface area contributed by atoms with Crippen molar-refractivity contribution >= 4 is 41.5 Å². The summed E-state index contributed by atoms with van der Waals surface area (Å²) in [4.78, 5) is 10.1. The normalized spacial score (nSPS) is 19.4. The molecule has 0 radical (unpaired) electrons. The van der Waals surface area contributed by atoms with Crippen molar-refractivity contribution in [2.24, 2.45) is 15.9 Å². The first-order chi connectivity index (χ1) is 20.3. The fourth-order valence-corrected chi connectivity index (χ4v) is 10.9. The molecule has 9 heteroatoms. The second kappa shape index (κ2) is 15.1. The van der Waals surface area contributed by atoms with E-state index in [2.05, 4.69) is 87.9 Å². The molecule has 2 aromatic carbocycles. The Labute approximate surface area is 263 Å². The molecule has 3 rings (SSSR count). The molecule has 238 valence electrons. The molecule has 0 amide bonds. The van der Waals surface area contributed by atoms with Crippen LogP contribution in [-0.4, -0.2) is 67.0 Å². The Hall–Kier alpha value is -2.33. The van der Waals surface area contributed by atoms with Gasteiger partial charge in [0, 0.05) is 6.61 Å². The highest BCUT2D eigenvalue weighted by atomic mass is 32.2. The number of aliphatic imine (C=N–C) groups is 2. The third-order valence-electron chi connectivity index (χ3n) is 7.61. The SMILES string of the molecule is CCOC1=N[C@H](C(C)C)C(OCC)=N[C@H]1C(CCO[Si](c1ccccc1)(c1ccccc1)C(C)(C)C)N[S@@](=O)C(C)(C)C. The van der Waals surface area contributed by atoms with Crippen LogP contribution in [0.15, 0.2) is 70.6 Å². The first kappa shape index (κ1) is 35.1. The van der Waals surface area contributed by atoms with Crippen LogP contribution in [0.1, 0.15) is 75.7 Å². The van der Waals surface area contributed by atoms with E-state index in [4.69, 9.17) is 23.9 Å². The summed E-state index contributed by atoms with van der Waals surface area (Å²) in [6.45, 7) is 22.2. The summed E-state index contributed by atoms with van der Waals surface area (Å²) in [6.07, 6.45) is 0.554. The van der Waals surface area contributed by atoms with Crippen molar-refractivity contribution in [2.75, 3.05) is 19.8 Å². The Kier molecular flexibility index (Phi) is 12.3. The molecule has 1 N–H and O–H groups in total. The van der Waals surface area contributed by atoms with Crippen LogP contribution in [0.5, 0.6) is 0 Å². The summed E-state index contributed by atoms with van der Waals surface area (Å²) in [6, 6.07) is 20.2. The van der Waals surface area contributed by atoms with Gasteiger partial charge in [0.2, 0.25) is 11.8 Å². The molecule has 1 aliphatic heterocycles. The molecule has 0 spiro atoms. The Morgan fingerprint density at radius 1 is 0.814 bits per heavy atom. The molecule has 43 heavy (non-hydrogen) atoms. The Morgan fingerprint density at radius 2 is 1.28 bits per heavy atom. The van der Waals surface area contributed by atoms with Gasteiger partial charge in [-0.05, 0) is 62.4 Å². The second-order valence-corrected chi connectivity index (χ2v) is 19.6. The van der Waals surface area contributed by atoms with Crippen molar-refractivity contribution in [3.63, 3.8) is 0 Å². The zero-order valence-corrected chi connectivity index (χ0v) is 29.7. The maximum absolute atomic E-state index is 13.5. The van der Waals surface area contributed by atoms with Gasteiger partial charge in [-0.3, -0.25) is 0 Å². The van der Waals surface area contributed by atoms with Crippen molar-refractivity contribution in [1.29, 1.82) is 0 Å². The summed E-state index contributed by atoms with van der Waals surface area (Å²) < 4.78 is 35.8. The topological polar surface area (TPSA) is 81.5 Å². The lowest BCUT2D eigenvalue weighted by atomic mass is 10.00.